The summed E-state index contributed by atoms with van der Waals surface area (Å²) in [7, 11) is 3.33. The number of hydrogen-bond acceptors (Lipinski definition) is 6. The molecule has 6 heteroatoms. The maximum Gasteiger partial charge on any atom is 0.231 e. The molecule has 3 atom stereocenters. The molecule has 1 saturated heterocycles. The molecule has 142 valence electrons. The minimum absolute atomic E-state index is 0.00906. The van der Waals surface area contributed by atoms with Crippen LogP contribution < -0.4 is 9.47 Å². The Kier molecular flexibility index (Phi) is 4.69. The van der Waals surface area contributed by atoms with Crippen LogP contribution in [0.15, 0.2) is 24.3 Å². The van der Waals surface area contributed by atoms with Crippen LogP contribution in [0.1, 0.15) is 32.3 Å². The minimum Gasteiger partial charge on any atom is -0.454 e. The zero-order chi connectivity index (χ0) is 18.3. The number of allylic oxidation sites excluding steroid dienone is 1. The third kappa shape index (κ3) is 3.34. The second kappa shape index (κ2) is 6.85. The first-order valence-corrected chi connectivity index (χ1v) is 9.02. The molecular weight excluding hydrogens is 336 g/mol. The van der Waals surface area contributed by atoms with Crippen molar-refractivity contribution in [1.82, 2.24) is 0 Å². The Morgan fingerprint density at radius 2 is 1.88 bits per heavy atom. The van der Waals surface area contributed by atoms with Crippen molar-refractivity contribution in [3.63, 3.8) is 0 Å². The molecule has 0 unspecified atom stereocenters. The van der Waals surface area contributed by atoms with Crippen molar-refractivity contribution in [2.45, 2.75) is 51.0 Å². The second-order valence-electron chi connectivity index (χ2n) is 7.42. The summed E-state index contributed by atoms with van der Waals surface area (Å²) in [5.41, 5.74) is 2.20. The third-order valence-electron chi connectivity index (χ3n) is 5.17. The van der Waals surface area contributed by atoms with Gasteiger partial charge in [-0.15, -0.1) is 0 Å². The quantitative estimate of drug-likeness (QED) is 0.749. The standard InChI is InChI=1S/C20H26O6/c1-20(2)25-17-8-12(9-18(21-3)22-4)7-14(19(17)26-20)13-5-6-15-16(10-13)24-11-23-15/h5-7,10,12,17-19H,8-9,11H2,1-4H3/t12-,17-,19+/m1/s1. The van der Waals surface area contributed by atoms with Crippen LogP contribution in [0.4, 0.5) is 0 Å². The lowest BCUT2D eigenvalue weighted by molar-refractivity contribution is -0.144. The van der Waals surface area contributed by atoms with Gasteiger partial charge in [-0.1, -0.05) is 12.1 Å². The average Bonchev–Trinajstić information content (AvgIpc) is 3.20. The first kappa shape index (κ1) is 17.8. The van der Waals surface area contributed by atoms with E-state index in [1.54, 1.807) is 14.2 Å². The van der Waals surface area contributed by atoms with E-state index >= 15 is 0 Å². The zero-order valence-corrected chi connectivity index (χ0v) is 15.7. The van der Waals surface area contributed by atoms with Gasteiger partial charge < -0.3 is 28.4 Å². The van der Waals surface area contributed by atoms with Gasteiger partial charge >= 0.3 is 0 Å². The van der Waals surface area contributed by atoms with Crippen molar-refractivity contribution in [1.29, 1.82) is 0 Å². The van der Waals surface area contributed by atoms with Gasteiger partial charge in [0.2, 0.25) is 6.79 Å². The highest BCUT2D eigenvalue weighted by molar-refractivity contribution is 5.73. The lowest BCUT2D eigenvalue weighted by Crippen LogP contribution is -2.32. The molecule has 0 spiro atoms. The zero-order valence-electron chi connectivity index (χ0n) is 15.7. The Morgan fingerprint density at radius 3 is 2.65 bits per heavy atom. The van der Waals surface area contributed by atoms with E-state index in [1.165, 1.54) is 0 Å². The number of ether oxygens (including phenoxy) is 6. The van der Waals surface area contributed by atoms with Crippen molar-refractivity contribution in [2.24, 2.45) is 5.92 Å². The highest BCUT2D eigenvalue weighted by Crippen LogP contribution is 2.45. The van der Waals surface area contributed by atoms with Crippen molar-refractivity contribution >= 4 is 5.57 Å². The molecular formula is C20H26O6. The molecule has 0 radical (unpaired) electrons. The molecule has 0 saturated carbocycles. The van der Waals surface area contributed by atoms with Crippen LogP contribution in [-0.2, 0) is 18.9 Å². The predicted molar refractivity (Wildman–Crippen MR) is 94.9 cm³/mol. The Morgan fingerprint density at radius 1 is 1.12 bits per heavy atom. The van der Waals surface area contributed by atoms with Gasteiger partial charge in [0.05, 0.1) is 6.10 Å². The van der Waals surface area contributed by atoms with E-state index in [9.17, 15) is 0 Å². The number of methoxy groups -OCH3 is 2. The summed E-state index contributed by atoms with van der Waals surface area (Å²) in [5, 5.41) is 0. The summed E-state index contributed by atoms with van der Waals surface area (Å²) in [6.07, 6.45) is 3.61. The van der Waals surface area contributed by atoms with Crippen molar-refractivity contribution in [3.8, 4) is 11.5 Å². The minimum atomic E-state index is -0.596. The Hall–Kier alpha value is -1.60. The normalized spacial score (nSPS) is 29.0. The Balaban J connectivity index is 1.66. The van der Waals surface area contributed by atoms with Crippen LogP contribution in [0.25, 0.3) is 5.57 Å². The van der Waals surface area contributed by atoms with E-state index in [0.29, 0.717) is 0 Å². The summed E-state index contributed by atoms with van der Waals surface area (Å²) in [6.45, 7) is 4.19. The fourth-order valence-electron chi connectivity index (χ4n) is 4.02. The SMILES string of the molecule is COC(C[C@@H]1C=C(c2ccc3c(c2)OCO3)[C@@H]2OC(C)(C)O[C@@H]2C1)OC. The Bertz CT molecular complexity index is 694. The molecule has 1 aromatic carbocycles. The predicted octanol–water partition coefficient (Wildman–Crippen LogP) is 3.35. The number of fused-ring (bicyclic) bond motifs is 2. The molecule has 0 N–H and O–H groups in total. The van der Waals surface area contributed by atoms with Gasteiger partial charge in [-0.2, -0.15) is 0 Å². The molecule has 1 fully saturated rings. The van der Waals surface area contributed by atoms with Crippen LogP contribution >= 0.6 is 0 Å². The molecule has 2 aliphatic heterocycles. The fraction of sp³-hybridized carbons (Fsp3) is 0.600. The molecule has 0 aromatic heterocycles. The number of hydrogen-bond donors (Lipinski definition) is 0. The lowest BCUT2D eigenvalue weighted by Gasteiger charge is -2.31. The van der Waals surface area contributed by atoms with Crippen LogP contribution in [-0.4, -0.2) is 45.3 Å². The van der Waals surface area contributed by atoms with E-state index in [2.05, 4.69) is 12.1 Å². The summed E-state index contributed by atoms with van der Waals surface area (Å²) in [5.74, 6) is 1.23. The summed E-state index contributed by atoms with van der Waals surface area (Å²) in [6, 6.07) is 6.02. The highest BCUT2D eigenvalue weighted by atomic mass is 16.8. The largest absolute Gasteiger partial charge is 0.454 e. The van der Waals surface area contributed by atoms with Gasteiger partial charge in [-0.25, -0.2) is 0 Å². The lowest BCUT2D eigenvalue weighted by atomic mass is 9.81. The molecule has 2 heterocycles. The van der Waals surface area contributed by atoms with E-state index in [1.807, 2.05) is 26.0 Å². The molecule has 6 nitrogen and oxygen atoms in total. The van der Waals surface area contributed by atoms with E-state index in [0.717, 1.165) is 35.5 Å². The van der Waals surface area contributed by atoms with Gasteiger partial charge in [0.25, 0.3) is 0 Å². The monoisotopic (exact) mass is 362 g/mol. The molecule has 0 amide bonds. The van der Waals surface area contributed by atoms with Crippen LogP contribution in [0.3, 0.4) is 0 Å². The fourth-order valence-corrected chi connectivity index (χ4v) is 4.02. The maximum absolute atomic E-state index is 6.22. The van der Waals surface area contributed by atoms with E-state index in [-0.39, 0.29) is 31.2 Å². The molecule has 3 aliphatic rings. The summed E-state index contributed by atoms with van der Waals surface area (Å²) >= 11 is 0. The maximum atomic E-state index is 6.22. The molecule has 0 bridgehead atoms. The van der Waals surface area contributed by atoms with Crippen molar-refractivity contribution in [3.05, 3.63) is 29.8 Å². The second-order valence-corrected chi connectivity index (χ2v) is 7.42. The smallest absolute Gasteiger partial charge is 0.231 e. The Labute approximate surface area is 154 Å². The topological polar surface area (TPSA) is 55.4 Å². The van der Waals surface area contributed by atoms with Gasteiger partial charge in [0.15, 0.2) is 23.6 Å². The third-order valence-corrected chi connectivity index (χ3v) is 5.17. The van der Waals surface area contributed by atoms with Gasteiger partial charge in [0.1, 0.15) is 6.10 Å². The molecule has 1 aromatic rings. The van der Waals surface area contributed by atoms with Crippen LogP contribution in [0, 0.1) is 5.92 Å². The molecule has 1 aliphatic carbocycles. The molecule has 26 heavy (non-hydrogen) atoms. The summed E-state index contributed by atoms with van der Waals surface area (Å²) in [4.78, 5) is 0. The first-order valence-electron chi connectivity index (χ1n) is 9.02. The average molecular weight is 362 g/mol. The highest BCUT2D eigenvalue weighted by Gasteiger charge is 2.46. The number of benzene rings is 1. The van der Waals surface area contributed by atoms with Crippen molar-refractivity contribution < 1.29 is 28.4 Å². The van der Waals surface area contributed by atoms with Gasteiger partial charge in [0, 0.05) is 20.6 Å². The van der Waals surface area contributed by atoms with Crippen LogP contribution in [0.2, 0.25) is 0 Å². The summed E-state index contributed by atoms with van der Waals surface area (Å²) < 4.78 is 34.2. The van der Waals surface area contributed by atoms with Crippen molar-refractivity contribution in [2.75, 3.05) is 21.0 Å². The van der Waals surface area contributed by atoms with Gasteiger partial charge in [-0.05, 0) is 49.5 Å². The van der Waals surface area contributed by atoms with E-state index < -0.39 is 5.79 Å². The van der Waals surface area contributed by atoms with Crippen LogP contribution in [0.5, 0.6) is 11.5 Å². The molecule has 4 rings (SSSR count). The first-order chi connectivity index (χ1) is 12.5. The van der Waals surface area contributed by atoms with Gasteiger partial charge in [-0.3, -0.25) is 0 Å². The van der Waals surface area contributed by atoms with E-state index in [4.69, 9.17) is 28.4 Å². The number of rotatable bonds is 5.